The fourth-order valence-corrected chi connectivity index (χ4v) is 4.68. The Balaban J connectivity index is 1.88. The van der Waals surface area contributed by atoms with Crippen molar-refractivity contribution in [3.05, 3.63) is 39.1 Å². The van der Waals surface area contributed by atoms with Crippen LogP contribution in [0.15, 0.2) is 16.5 Å². The van der Waals surface area contributed by atoms with E-state index in [0.29, 0.717) is 13.0 Å². The number of hydrogen-bond donors (Lipinski definition) is 1. The van der Waals surface area contributed by atoms with E-state index in [1.165, 1.54) is 22.9 Å². The smallest absolute Gasteiger partial charge is 0.170 e. The molecule has 2 aliphatic rings. The van der Waals surface area contributed by atoms with E-state index in [2.05, 4.69) is 32.9 Å². The lowest BCUT2D eigenvalue weighted by Crippen LogP contribution is -2.28. The van der Waals surface area contributed by atoms with Gasteiger partial charge in [0, 0.05) is 48.9 Å². The molecule has 1 fully saturated rings. The minimum absolute atomic E-state index is 0.0551. The predicted molar refractivity (Wildman–Crippen MR) is 120 cm³/mol. The minimum Gasteiger partial charge on any atom is -0.511 e. The normalized spacial score (nSPS) is 20.2. The molecule has 1 aliphatic heterocycles. The number of ether oxygens (including phenoxy) is 1. The highest BCUT2D eigenvalue weighted by molar-refractivity contribution is 6.22. The van der Waals surface area contributed by atoms with E-state index in [1.807, 2.05) is 13.8 Å². The van der Waals surface area contributed by atoms with E-state index in [-0.39, 0.29) is 53.7 Å². The Hall–Kier alpha value is -2.63. The third-order valence-electron chi connectivity index (χ3n) is 6.39. The molecule has 0 radical (unpaired) electrons. The van der Waals surface area contributed by atoms with Crippen molar-refractivity contribution in [3.8, 4) is 5.75 Å². The number of aliphatic hydroxyl groups excluding tert-OH is 1. The third-order valence-corrected chi connectivity index (χ3v) is 6.39. The lowest BCUT2D eigenvalue weighted by atomic mass is 9.75. The number of Topliss-reactive ketones (excluding diaryl/α,β-unsaturated/α-hetero) is 2. The first-order chi connectivity index (χ1) is 14.6. The largest absolute Gasteiger partial charge is 0.511 e. The van der Waals surface area contributed by atoms with Crippen LogP contribution in [0, 0.1) is 20.8 Å². The Morgan fingerprint density at radius 3 is 2.42 bits per heavy atom. The second-order valence-corrected chi connectivity index (χ2v) is 9.15. The maximum Gasteiger partial charge on any atom is 0.170 e. The van der Waals surface area contributed by atoms with Crippen molar-refractivity contribution in [2.75, 3.05) is 6.61 Å². The zero-order valence-corrected chi connectivity index (χ0v) is 19.4. The molecule has 1 saturated carbocycles. The minimum atomic E-state index is -0.308. The van der Waals surface area contributed by atoms with Crippen LogP contribution in [-0.2, 0) is 20.8 Å². The summed E-state index contributed by atoms with van der Waals surface area (Å²) in [5.74, 6) is -0.151. The Morgan fingerprint density at radius 1 is 1.16 bits per heavy atom. The van der Waals surface area contributed by atoms with Crippen molar-refractivity contribution in [2.45, 2.75) is 85.2 Å². The highest BCUT2D eigenvalue weighted by atomic mass is 16.6. The summed E-state index contributed by atoms with van der Waals surface area (Å²) in [5.41, 5.74) is 5.30. The van der Waals surface area contributed by atoms with Gasteiger partial charge in [0.15, 0.2) is 11.6 Å². The first-order valence-electron chi connectivity index (χ1n) is 11.0. The van der Waals surface area contributed by atoms with E-state index in [4.69, 9.17) is 9.57 Å². The second kappa shape index (κ2) is 8.85. The molecule has 1 aromatic rings. The fourth-order valence-electron chi connectivity index (χ4n) is 4.68. The Morgan fingerprint density at radius 2 is 1.81 bits per heavy atom. The quantitative estimate of drug-likeness (QED) is 0.228. The van der Waals surface area contributed by atoms with E-state index in [1.54, 1.807) is 0 Å². The molecule has 1 heterocycles. The standard InChI is InChI=1S/C25H33NO5/c1-7-30-26-10-8-9-19(27)23-20(28)11-17(12-21(23)29)22-16(4)14(2)15(3)18-13-25(5,6)31-24(18)22/h10,17,27H,7-9,11-13H2,1-6H3. The van der Waals surface area contributed by atoms with Gasteiger partial charge in [-0.15, -0.1) is 0 Å². The SMILES string of the molecule is CCON=CCCC(O)=C1C(=O)CC(c2c(C)c(C)c(C)c3c2OC(C)(C)C3)CC1=O. The second-order valence-electron chi connectivity index (χ2n) is 9.15. The molecule has 6 nitrogen and oxygen atoms in total. The topological polar surface area (TPSA) is 85.2 Å². The summed E-state index contributed by atoms with van der Waals surface area (Å²) in [7, 11) is 0. The van der Waals surface area contributed by atoms with Gasteiger partial charge in [0.05, 0.1) is 5.57 Å². The van der Waals surface area contributed by atoms with Crippen LogP contribution in [0.3, 0.4) is 0 Å². The number of ketones is 2. The van der Waals surface area contributed by atoms with E-state index in [0.717, 1.165) is 23.3 Å². The van der Waals surface area contributed by atoms with Crippen LogP contribution in [0.25, 0.3) is 0 Å². The maximum atomic E-state index is 12.9. The molecule has 1 aliphatic carbocycles. The van der Waals surface area contributed by atoms with E-state index in [9.17, 15) is 14.7 Å². The van der Waals surface area contributed by atoms with Crippen LogP contribution in [0.5, 0.6) is 5.75 Å². The van der Waals surface area contributed by atoms with Crippen LogP contribution in [0.2, 0.25) is 0 Å². The summed E-state index contributed by atoms with van der Waals surface area (Å²) in [6.07, 6.45) is 3.30. The first kappa shape index (κ1) is 23.0. The van der Waals surface area contributed by atoms with Gasteiger partial charge in [-0.05, 0) is 64.7 Å². The molecular weight excluding hydrogens is 394 g/mol. The van der Waals surface area contributed by atoms with E-state index >= 15 is 0 Å². The van der Waals surface area contributed by atoms with Gasteiger partial charge < -0.3 is 14.7 Å². The van der Waals surface area contributed by atoms with Crippen molar-refractivity contribution >= 4 is 17.8 Å². The third kappa shape index (κ3) is 4.53. The van der Waals surface area contributed by atoms with Crippen molar-refractivity contribution in [2.24, 2.45) is 5.16 Å². The number of allylic oxidation sites excluding steroid dienone is 2. The molecule has 0 aromatic heterocycles. The molecule has 168 valence electrons. The van der Waals surface area contributed by atoms with Crippen molar-refractivity contribution < 1.29 is 24.3 Å². The summed E-state index contributed by atoms with van der Waals surface area (Å²) < 4.78 is 6.32. The molecule has 0 unspecified atom stereocenters. The van der Waals surface area contributed by atoms with Crippen LogP contribution in [0.1, 0.15) is 80.2 Å². The number of benzene rings is 1. The number of nitrogens with zero attached hydrogens (tertiary/aromatic N) is 1. The van der Waals surface area contributed by atoms with Gasteiger partial charge in [-0.1, -0.05) is 5.16 Å². The van der Waals surface area contributed by atoms with Crippen molar-refractivity contribution in [1.82, 2.24) is 0 Å². The maximum absolute atomic E-state index is 12.9. The predicted octanol–water partition coefficient (Wildman–Crippen LogP) is 4.96. The van der Waals surface area contributed by atoms with Gasteiger partial charge in [0.2, 0.25) is 0 Å². The highest BCUT2D eigenvalue weighted by Gasteiger charge is 2.40. The lowest BCUT2D eigenvalue weighted by molar-refractivity contribution is -0.124. The molecule has 1 N–H and O–H groups in total. The van der Waals surface area contributed by atoms with Gasteiger partial charge in [-0.25, -0.2) is 0 Å². The number of carbonyl (C=O) groups is 2. The lowest BCUT2D eigenvalue weighted by Gasteiger charge is -2.28. The number of aliphatic hydroxyl groups is 1. The Bertz CT molecular complexity index is 951. The van der Waals surface area contributed by atoms with Crippen molar-refractivity contribution in [3.63, 3.8) is 0 Å². The van der Waals surface area contributed by atoms with Crippen LogP contribution in [0.4, 0.5) is 0 Å². The van der Waals surface area contributed by atoms with Crippen LogP contribution < -0.4 is 4.74 Å². The molecule has 0 bridgehead atoms. The average molecular weight is 428 g/mol. The molecule has 6 heteroatoms. The monoisotopic (exact) mass is 427 g/mol. The summed E-state index contributed by atoms with van der Waals surface area (Å²) in [5, 5.41) is 14.1. The number of carbonyl (C=O) groups excluding carboxylic acids is 2. The average Bonchev–Trinajstić information content (AvgIpc) is 3.01. The van der Waals surface area contributed by atoms with Crippen LogP contribution >= 0.6 is 0 Å². The van der Waals surface area contributed by atoms with Gasteiger partial charge >= 0.3 is 0 Å². The number of rotatable bonds is 6. The number of oxime groups is 1. The molecule has 31 heavy (non-hydrogen) atoms. The Labute approximate surface area is 184 Å². The molecule has 1 aromatic carbocycles. The molecule has 3 rings (SSSR count). The number of fused-ring (bicyclic) bond motifs is 1. The first-order valence-corrected chi connectivity index (χ1v) is 11.0. The molecule has 0 atom stereocenters. The highest BCUT2D eigenvalue weighted by Crippen LogP contribution is 2.48. The fraction of sp³-hybridized carbons (Fsp3) is 0.560. The summed E-state index contributed by atoms with van der Waals surface area (Å²) in [6, 6.07) is 0. The Kier molecular flexibility index (Phi) is 6.58. The van der Waals surface area contributed by atoms with E-state index < -0.39 is 0 Å². The molecule has 0 spiro atoms. The summed E-state index contributed by atoms with van der Waals surface area (Å²) in [4.78, 5) is 30.7. The summed E-state index contributed by atoms with van der Waals surface area (Å²) in [6.45, 7) is 12.7. The number of hydrogen-bond acceptors (Lipinski definition) is 6. The van der Waals surface area contributed by atoms with Gasteiger partial charge in [0.25, 0.3) is 0 Å². The zero-order chi connectivity index (χ0) is 22.9. The summed E-state index contributed by atoms with van der Waals surface area (Å²) >= 11 is 0. The molecule has 0 saturated heterocycles. The van der Waals surface area contributed by atoms with Gasteiger partial charge in [-0.3, -0.25) is 9.59 Å². The van der Waals surface area contributed by atoms with Crippen molar-refractivity contribution in [1.29, 1.82) is 0 Å². The van der Waals surface area contributed by atoms with Gasteiger partial charge in [-0.2, -0.15) is 0 Å². The zero-order valence-electron chi connectivity index (χ0n) is 19.4. The molecule has 0 amide bonds. The molecular formula is C25H33NO5. The van der Waals surface area contributed by atoms with Gasteiger partial charge in [0.1, 0.15) is 23.7 Å². The van der Waals surface area contributed by atoms with Crippen LogP contribution in [-0.4, -0.2) is 35.1 Å².